The fourth-order valence-electron chi connectivity index (χ4n) is 4.01. The zero-order valence-electron chi connectivity index (χ0n) is 21.5. The van der Waals surface area contributed by atoms with Crippen LogP contribution < -0.4 is 13.9 Å². The molecule has 0 saturated carbocycles. The molecule has 2 N–H and O–H groups in total. The Hall–Kier alpha value is -3.61. The van der Waals surface area contributed by atoms with Gasteiger partial charge in [0, 0.05) is 30.4 Å². The van der Waals surface area contributed by atoms with E-state index >= 15 is 0 Å². The van der Waals surface area contributed by atoms with Crippen LogP contribution in [0.5, 0.6) is 0 Å². The molecule has 2 amide bonds. The molecule has 39 heavy (non-hydrogen) atoms. The Labute approximate surface area is 232 Å². The number of aromatic nitrogens is 2. The van der Waals surface area contributed by atoms with Crippen molar-refractivity contribution in [2.75, 3.05) is 16.6 Å². The number of aryl methyl sites for hydroxylation is 2. The summed E-state index contributed by atoms with van der Waals surface area (Å²) in [6.45, 7) is 4.06. The van der Waals surface area contributed by atoms with Gasteiger partial charge in [-0.15, -0.1) is 0 Å². The zero-order chi connectivity index (χ0) is 28.4. The van der Waals surface area contributed by atoms with Gasteiger partial charge in [-0.25, -0.2) is 31.3 Å². The lowest BCUT2D eigenvalue weighted by molar-refractivity contribution is 0.246. The van der Waals surface area contributed by atoms with Gasteiger partial charge in [0.05, 0.1) is 27.9 Å². The first kappa shape index (κ1) is 28.4. The molecule has 0 fully saturated rings. The topological polar surface area (TPSA) is 130 Å². The fourth-order valence-corrected chi connectivity index (χ4v) is 5.54. The van der Waals surface area contributed by atoms with E-state index in [1.807, 2.05) is 47.4 Å². The Balaban J connectivity index is 1.43. The number of anilines is 1. The van der Waals surface area contributed by atoms with Crippen molar-refractivity contribution in [2.45, 2.75) is 31.6 Å². The van der Waals surface area contributed by atoms with Crippen molar-refractivity contribution in [1.82, 2.24) is 19.6 Å². The predicted octanol–water partition coefficient (Wildman–Crippen LogP) is 4.05. The summed E-state index contributed by atoms with van der Waals surface area (Å²) in [5, 5.41) is 2.58. The molecule has 4 aromatic rings. The summed E-state index contributed by atoms with van der Waals surface area (Å²) in [5.41, 5.74) is 4.44. The molecule has 3 aromatic carbocycles. The first-order chi connectivity index (χ1) is 18.4. The van der Waals surface area contributed by atoms with Crippen molar-refractivity contribution in [3.8, 4) is 5.69 Å². The minimum atomic E-state index is -3.95. The Kier molecular flexibility index (Phi) is 8.19. The van der Waals surface area contributed by atoms with E-state index in [0.717, 1.165) is 34.4 Å². The van der Waals surface area contributed by atoms with Crippen LogP contribution in [0.3, 0.4) is 0 Å². The number of nitrogens with one attached hydrogen (secondary N) is 2. The molecular weight excluding hydrogens is 562 g/mol. The monoisotopic (exact) mass is 589 g/mol. The first-order valence-corrected chi connectivity index (χ1v) is 15.7. The van der Waals surface area contributed by atoms with Gasteiger partial charge in [-0.3, -0.25) is 4.57 Å². The SMILES string of the molecule is CCc1nc2cc(N(Cl)S(C)(=O)=O)ccc2n1-c1ccc(CCNC(=O)NS(=O)(=O)c2ccc(C)cc2)cc1. The lowest BCUT2D eigenvalue weighted by Gasteiger charge is -2.13. The Bertz CT molecular complexity index is 1720. The second kappa shape index (κ2) is 11.2. The summed E-state index contributed by atoms with van der Waals surface area (Å²) in [4.78, 5) is 16.8. The summed E-state index contributed by atoms with van der Waals surface area (Å²) in [7, 11) is -7.57. The standard InChI is InChI=1S/C26H28ClN5O5S2/c1-4-25-29-23-17-21(32(27)38(3,34)35)11-14-24(23)31(25)20-9-7-19(8-10-20)15-16-28-26(33)30-39(36,37)22-12-5-18(2)6-13-22/h5-14,17H,4,15-16H2,1-3H3,(H2,28,30,33). The minimum absolute atomic E-state index is 0.0175. The normalized spacial score (nSPS) is 11.9. The Morgan fingerprint density at radius 3 is 2.28 bits per heavy atom. The first-order valence-electron chi connectivity index (χ1n) is 12.0. The van der Waals surface area contributed by atoms with Gasteiger partial charge in [0.1, 0.15) is 5.82 Å². The van der Waals surface area contributed by atoms with E-state index in [9.17, 15) is 21.6 Å². The van der Waals surface area contributed by atoms with Gasteiger partial charge in [-0.2, -0.15) is 3.82 Å². The maximum absolute atomic E-state index is 12.4. The fraction of sp³-hybridized carbons (Fsp3) is 0.231. The lowest BCUT2D eigenvalue weighted by Crippen LogP contribution is -2.40. The van der Waals surface area contributed by atoms with Gasteiger partial charge in [0.25, 0.3) is 10.0 Å². The lowest BCUT2D eigenvalue weighted by atomic mass is 10.1. The van der Waals surface area contributed by atoms with Crippen LogP contribution in [-0.4, -0.2) is 45.2 Å². The maximum atomic E-state index is 12.4. The van der Waals surface area contributed by atoms with Gasteiger partial charge < -0.3 is 5.32 Å². The van der Waals surface area contributed by atoms with Crippen molar-refractivity contribution in [3.63, 3.8) is 0 Å². The highest BCUT2D eigenvalue weighted by atomic mass is 35.5. The summed E-state index contributed by atoms with van der Waals surface area (Å²) in [6.07, 6.45) is 2.16. The van der Waals surface area contributed by atoms with Crippen molar-refractivity contribution in [3.05, 3.63) is 83.7 Å². The number of halogens is 1. The number of hydrogen-bond acceptors (Lipinski definition) is 6. The molecule has 0 aliphatic carbocycles. The molecule has 0 aliphatic rings. The van der Waals surface area contributed by atoms with Gasteiger partial charge >= 0.3 is 6.03 Å². The molecule has 0 radical (unpaired) electrons. The van der Waals surface area contributed by atoms with Crippen LogP contribution in [0.25, 0.3) is 16.7 Å². The number of rotatable bonds is 9. The van der Waals surface area contributed by atoms with Crippen LogP contribution in [0.1, 0.15) is 23.9 Å². The van der Waals surface area contributed by atoms with Crippen LogP contribution in [0.15, 0.2) is 71.6 Å². The van der Waals surface area contributed by atoms with Crippen molar-refractivity contribution in [2.24, 2.45) is 0 Å². The summed E-state index contributed by atoms with van der Waals surface area (Å²) in [5.74, 6) is 0.795. The zero-order valence-corrected chi connectivity index (χ0v) is 23.9. The molecule has 0 bridgehead atoms. The number of carbonyl (C=O) groups excluding carboxylic acids is 1. The highest BCUT2D eigenvalue weighted by Gasteiger charge is 2.19. The van der Waals surface area contributed by atoms with Crippen LogP contribution >= 0.6 is 11.8 Å². The van der Waals surface area contributed by atoms with E-state index in [2.05, 4.69) is 10.3 Å². The van der Waals surface area contributed by atoms with E-state index in [0.29, 0.717) is 27.9 Å². The smallest absolute Gasteiger partial charge is 0.328 e. The van der Waals surface area contributed by atoms with E-state index in [1.54, 1.807) is 30.3 Å². The van der Waals surface area contributed by atoms with Gasteiger partial charge in [0.2, 0.25) is 10.0 Å². The number of fused-ring (bicyclic) bond motifs is 1. The molecule has 0 unspecified atom stereocenters. The molecule has 206 valence electrons. The summed E-state index contributed by atoms with van der Waals surface area (Å²) >= 11 is 5.97. The number of nitrogens with zero attached hydrogens (tertiary/aromatic N) is 3. The van der Waals surface area contributed by atoms with E-state index in [4.69, 9.17) is 11.8 Å². The third-order valence-electron chi connectivity index (χ3n) is 5.97. The number of urea groups is 1. The van der Waals surface area contributed by atoms with Gasteiger partial charge in [-0.05, 0) is 61.4 Å². The Morgan fingerprint density at radius 2 is 1.67 bits per heavy atom. The minimum Gasteiger partial charge on any atom is -0.337 e. The van der Waals surface area contributed by atoms with Crippen molar-refractivity contribution in [1.29, 1.82) is 0 Å². The molecule has 1 heterocycles. The summed E-state index contributed by atoms with van der Waals surface area (Å²) < 4.78 is 53.0. The van der Waals surface area contributed by atoms with E-state index < -0.39 is 26.1 Å². The quantitative estimate of drug-likeness (QED) is 0.283. The van der Waals surface area contributed by atoms with Crippen LogP contribution in [0.2, 0.25) is 0 Å². The molecule has 4 rings (SSSR count). The largest absolute Gasteiger partial charge is 0.337 e. The third kappa shape index (κ3) is 6.52. The summed E-state index contributed by atoms with van der Waals surface area (Å²) in [6, 6.07) is 18.1. The molecule has 0 atom stereocenters. The van der Waals surface area contributed by atoms with Crippen molar-refractivity contribution < 1.29 is 21.6 Å². The average Bonchev–Trinajstić information content (AvgIpc) is 3.26. The van der Waals surface area contributed by atoms with Crippen LogP contribution in [0.4, 0.5) is 10.5 Å². The molecule has 13 heteroatoms. The van der Waals surface area contributed by atoms with Crippen LogP contribution in [-0.2, 0) is 32.9 Å². The second-order valence-corrected chi connectivity index (χ2v) is 13.0. The van der Waals surface area contributed by atoms with E-state index in [1.165, 1.54) is 12.1 Å². The average molecular weight is 590 g/mol. The molecule has 0 spiro atoms. The number of amides is 2. The van der Waals surface area contributed by atoms with Gasteiger partial charge in [0.15, 0.2) is 0 Å². The maximum Gasteiger partial charge on any atom is 0.328 e. The molecule has 0 saturated heterocycles. The highest BCUT2D eigenvalue weighted by Crippen LogP contribution is 2.28. The Morgan fingerprint density at radius 1 is 1.00 bits per heavy atom. The number of sulfonamides is 2. The van der Waals surface area contributed by atoms with Crippen molar-refractivity contribution >= 4 is 54.6 Å². The number of hydrogen-bond donors (Lipinski definition) is 2. The molecule has 10 nitrogen and oxygen atoms in total. The van der Waals surface area contributed by atoms with Gasteiger partial charge in [-0.1, -0.05) is 36.8 Å². The van der Waals surface area contributed by atoms with Crippen LogP contribution in [0, 0.1) is 6.92 Å². The number of imidazole rings is 1. The second-order valence-electron chi connectivity index (χ2n) is 8.96. The third-order valence-corrected chi connectivity index (χ3v) is 9.06. The highest BCUT2D eigenvalue weighted by molar-refractivity contribution is 7.93. The van der Waals surface area contributed by atoms with E-state index in [-0.39, 0.29) is 11.4 Å². The molecule has 0 aliphatic heterocycles. The predicted molar refractivity (Wildman–Crippen MR) is 152 cm³/mol. The molecule has 1 aromatic heterocycles. The number of benzene rings is 3. The molecular formula is C26H28ClN5O5S2. The number of carbonyl (C=O) groups is 1.